The summed E-state index contributed by atoms with van der Waals surface area (Å²) in [6.07, 6.45) is 0.812. The standard InChI is InChI=1S/C23H25ClN4O3S/c1-14(2)9-10-28-22(31)18-8-7-16(24)12-19(18)27-23(28)32-13-20(29)26-17-6-4-5-15(11-17)21(30)25-3/h4-8,11-12,14H,9-10,13H2,1-3H3,(H,25,30)(H,26,29). The molecule has 0 aliphatic carbocycles. The van der Waals surface area contributed by atoms with E-state index in [1.807, 2.05) is 0 Å². The number of fused-ring (bicyclic) bond motifs is 1. The van der Waals surface area contributed by atoms with Crippen molar-refractivity contribution in [2.75, 3.05) is 18.1 Å². The molecular weight excluding hydrogens is 448 g/mol. The summed E-state index contributed by atoms with van der Waals surface area (Å²) in [4.78, 5) is 42.0. The number of rotatable bonds is 8. The van der Waals surface area contributed by atoms with Gasteiger partial charge >= 0.3 is 0 Å². The van der Waals surface area contributed by atoms with Gasteiger partial charge in [0.15, 0.2) is 5.16 Å². The SMILES string of the molecule is CNC(=O)c1cccc(NC(=O)CSc2nc3cc(Cl)ccc3c(=O)n2CCC(C)C)c1. The maximum Gasteiger partial charge on any atom is 0.262 e. The van der Waals surface area contributed by atoms with Crippen LogP contribution in [-0.4, -0.2) is 34.2 Å². The fourth-order valence-electron chi connectivity index (χ4n) is 3.08. The van der Waals surface area contributed by atoms with Crippen molar-refractivity contribution < 1.29 is 9.59 Å². The smallest absolute Gasteiger partial charge is 0.262 e. The zero-order valence-electron chi connectivity index (χ0n) is 18.1. The van der Waals surface area contributed by atoms with Crippen molar-refractivity contribution >= 4 is 51.8 Å². The number of benzene rings is 2. The highest BCUT2D eigenvalue weighted by atomic mass is 35.5. The van der Waals surface area contributed by atoms with Gasteiger partial charge < -0.3 is 10.6 Å². The third-order valence-corrected chi connectivity index (χ3v) is 5.99. The zero-order chi connectivity index (χ0) is 23.3. The van der Waals surface area contributed by atoms with E-state index in [-0.39, 0.29) is 23.1 Å². The van der Waals surface area contributed by atoms with Crippen LogP contribution in [-0.2, 0) is 11.3 Å². The van der Waals surface area contributed by atoms with E-state index in [2.05, 4.69) is 29.5 Å². The normalized spacial score (nSPS) is 11.0. The van der Waals surface area contributed by atoms with Gasteiger partial charge in [-0.05, 0) is 48.7 Å². The summed E-state index contributed by atoms with van der Waals surface area (Å²) in [7, 11) is 1.55. The van der Waals surface area contributed by atoms with Gasteiger partial charge in [-0.2, -0.15) is 0 Å². The minimum Gasteiger partial charge on any atom is -0.355 e. The number of anilines is 1. The lowest BCUT2D eigenvalue weighted by molar-refractivity contribution is -0.113. The molecule has 2 N–H and O–H groups in total. The molecule has 0 saturated carbocycles. The van der Waals surface area contributed by atoms with Gasteiger partial charge in [-0.1, -0.05) is 43.3 Å². The van der Waals surface area contributed by atoms with E-state index in [4.69, 9.17) is 11.6 Å². The second-order valence-corrected chi connectivity index (χ2v) is 9.07. The Hall–Kier alpha value is -2.84. The van der Waals surface area contributed by atoms with Gasteiger partial charge in [0.2, 0.25) is 5.91 Å². The molecule has 0 atom stereocenters. The summed E-state index contributed by atoms with van der Waals surface area (Å²) >= 11 is 7.27. The molecule has 0 spiro atoms. The predicted octanol–water partition coefficient (Wildman–Crippen LogP) is 4.19. The summed E-state index contributed by atoms with van der Waals surface area (Å²) in [5.74, 6) is -0.0233. The van der Waals surface area contributed by atoms with Crippen molar-refractivity contribution in [2.45, 2.75) is 32.0 Å². The quantitative estimate of drug-likeness (QED) is 0.379. The average Bonchev–Trinajstić information content (AvgIpc) is 2.76. The fraction of sp³-hybridized carbons (Fsp3) is 0.304. The highest BCUT2D eigenvalue weighted by Crippen LogP contribution is 2.22. The molecule has 32 heavy (non-hydrogen) atoms. The van der Waals surface area contributed by atoms with E-state index in [9.17, 15) is 14.4 Å². The summed E-state index contributed by atoms with van der Waals surface area (Å²) in [6.45, 7) is 4.69. The summed E-state index contributed by atoms with van der Waals surface area (Å²) in [6, 6.07) is 11.7. The lowest BCUT2D eigenvalue weighted by atomic mass is 10.1. The van der Waals surface area contributed by atoms with Crippen LogP contribution in [0.3, 0.4) is 0 Å². The Kier molecular flexibility index (Phi) is 7.93. The first-order valence-corrected chi connectivity index (χ1v) is 11.6. The molecule has 7 nitrogen and oxygen atoms in total. The number of halogens is 1. The lowest BCUT2D eigenvalue weighted by Gasteiger charge is -2.14. The van der Waals surface area contributed by atoms with Gasteiger partial charge in [-0.3, -0.25) is 19.0 Å². The Morgan fingerprint density at radius 3 is 2.69 bits per heavy atom. The first kappa shape index (κ1) is 23.8. The van der Waals surface area contributed by atoms with Crippen LogP contribution in [0.2, 0.25) is 5.02 Å². The van der Waals surface area contributed by atoms with Crippen LogP contribution in [0.4, 0.5) is 5.69 Å². The average molecular weight is 473 g/mol. The molecule has 0 aliphatic heterocycles. The number of hydrogen-bond acceptors (Lipinski definition) is 5. The molecule has 0 fully saturated rings. The highest BCUT2D eigenvalue weighted by molar-refractivity contribution is 7.99. The Bertz CT molecular complexity index is 1210. The molecule has 3 rings (SSSR count). The van der Waals surface area contributed by atoms with Crippen molar-refractivity contribution in [3.63, 3.8) is 0 Å². The van der Waals surface area contributed by atoms with Crippen LogP contribution < -0.4 is 16.2 Å². The molecule has 168 valence electrons. The first-order valence-electron chi connectivity index (χ1n) is 10.2. The number of carbonyl (C=O) groups excluding carboxylic acids is 2. The molecule has 0 bridgehead atoms. The topological polar surface area (TPSA) is 93.1 Å². The number of thioether (sulfide) groups is 1. The van der Waals surface area contributed by atoms with Gasteiger partial charge in [0.05, 0.1) is 16.7 Å². The Balaban J connectivity index is 1.81. The molecule has 1 heterocycles. The molecule has 0 saturated heterocycles. The molecule has 9 heteroatoms. The number of aromatic nitrogens is 2. The van der Waals surface area contributed by atoms with Crippen molar-refractivity contribution in [1.29, 1.82) is 0 Å². The lowest BCUT2D eigenvalue weighted by Crippen LogP contribution is -2.25. The van der Waals surface area contributed by atoms with E-state index < -0.39 is 0 Å². The van der Waals surface area contributed by atoms with Gasteiger partial charge in [0.25, 0.3) is 11.5 Å². The number of nitrogens with zero attached hydrogens (tertiary/aromatic N) is 2. The summed E-state index contributed by atoms with van der Waals surface area (Å²) in [5, 5.41) is 6.80. The van der Waals surface area contributed by atoms with Crippen LogP contribution in [0.1, 0.15) is 30.6 Å². The van der Waals surface area contributed by atoms with Crippen LogP contribution in [0.25, 0.3) is 10.9 Å². The molecule has 2 aromatic carbocycles. The maximum absolute atomic E-state index is 13.1. The maximum atomic E-state index is 13.1. The zero-order valence-corrected chi connectivity index (χ0v) is 19.7. The first-order chi connectivity index (χ1) is 15.3. The third-order valence-electron chi connectivity index (χ3n) is 4.78. The largest absolute Gasteiger partial charge is 0.355 e. The van der Waals surface area contributed by atoms with Crippen LogP contribution in [0, 0.1) is 5.92 Å². The number of carbonyl (C=O) groups is 2. The summed E-state index contributed by atoms with van der Waals surface area (Å²) < 4.78 is 1.63. The van der Waals surface area contributed by atoms with Gasteiger partial charge in [-0.25, -0.2) is 4.98 Å². The van der Waals surface area contributed by atoms with Crippen LogP contribution in [0.5, 0.6) is 0 Å². The molecule has 0 radical (unpaired) electrons. The Morgan fingerprint density at radius 1 is 1.19 bits per heavy atom. The summed E-state index contributed by atoms with van der Waals surface area (Å²) in [5.41, 5.74) is 1.33. The van der Waals surface area contributed by atoms with E-state index in [0.29, 0.717) is 44.8 Å². The Morgan fingerprint density at radius 2 is 1.97 bits per heavy atom. The number of amides is 2. The third kappa shape index (κ3) is 5.89. The van der Waals surface area contributed by atoms with Crippen molar-refractivity contribution in [1.82, 2.24) is 14.9 Å². The minimum absolute atomic E-state index is 0.0599. The monoisotopic (exact) mass is 472 g/mol. The van der Waals surface area contributed by atoms with E-state index >= 15 is 0 Å². The number of nitrogens with one attached hydrogen (secondary N) is 2. The van der Waals surface area contributed by atoms with E-state index in [1.165, 1.54) is 11.8 Å². The molecule has 1 aromatic heterocycles. The van der Waals surface area contributed by atoms with Gasteiger partial charge in [-0.15, -0.1) is 0 Å². The van der Waals surface area contributed by atoms with E-state index in [1.54, 1.807) is 54.1 Å². The second kappa shape index (κ2) is 10.7. The molecule has 0 unspecified atom stereocenters. The molecule has 0 aliphatic rings. The number of hydrogen-bond donors (Lipinski definition) is 2. The van der Waals surface area contributed by atoms with Crippen molar-refractivity contribution in [3.05, 3.63) is 63.4 Å². The van der Waals surface area contributed by atoms with Crippen LogP contribution >= 0.6 is 23.4 Å². The molecular formula is C23H25ClN4O3S. The van der Waals surface area contributed by atoms with Gasteiger partial charge in [0.1, 0.15) is 0 Å². The molecule has 3 aromatic rings. The second-order valence-electron chi connectivity index (χ2n) is 7.69. The minimum atomic E-state index is -0.264. The van der Waals surface area contributed by atoms with Gasteiger partial charge in [0, 0.05) is 29.9 Å². The van der Waals surface area contributed by atoms with Crippen molar-refractivity contribution in [2.24, 2.45) is 5.92 Å². The highest BCUT2D eigenvalue weighted by Gasteiger charge is 2.15. The predicted molar refractivity (Wildman–Crippen MR) is 130 cm³/mol. The van der Waals surface area contributed by atoms with E-state index in [0.717, 1.165) is 6.42 Å². The van der Waals surface area contributed by atoms with Crippen molar-refractivity contribution in [3.8, 4) is 0 Å². The molecule has 2 amide bonds. The van der Waals surface area contributed by atoms with Crippen LogP contribution in [0.15, 0.2) is 52.4 Å². The Labute approximate surface area is 195 Å². The fourth-order valence-corrected chi connectivity index (χ4v) is 4.07.